The first-order valence-corrected chi connectivity index (χ1v) is 9.16. The molecule has 150 valence electrons. The van der Waals surface area contributed by atoms with E-state index in [9.17, 15) is 4.79 Å². The molecule has 0 atom stereocenters. The Kier molecular flexibility index (Phi) is 6.29. The molecule has 3 aromatic rings. The summed E-state index contributed by atoms with van der Waals surface area (Å²) in [4.78, 5) is 12.4. The summed E-state index contributed by atoms with van der Waals surface area (Å²) in [6, 6.07) is 15.0. The Morgan fingerprint density at radius 1 is 0.897 bits per heavy atom. The van der Waals surface area contributed by atoms with Gasteiger partial charge in [0.25, 0.3) is 5.91 Å². The van der Waals surface area contributed by atoms with E-state index in [0.29, 0.717) is 23.9 Å². The van der Waals surface area contributed by atoms with Crippen molar-refractivity contribution < 1.29 is 14.3 Å². The van der Waals surface area contributed by atoms with Crippen LogP contribution in [-0.2, 0) is 6.54 Å². The van der Waals surface area contributed by atoms with Crippen LogP contribution in [0.3, 0.4) is 0 Å². The van der Waals surface area contributed by atoms with Crippen molar-refractivity contribution in [1.29, 1.82) is 0 Å². The second-order valence-corrected chi connectivity index (χ2v) is 6.68. The van der Waals surface area contributed by atoms with E-state index in [1.165, 1.54) is 0 Å². The number of hydrogen-bond donors (Lipinski definition) is 2. The third-order valence-electron chi connectivity index (χ3n) is 4.29. The maximum Gasteiger partial charge on any atom is 0.272 e. The van der Waals surface area contributed by atoms with Gasteiger partial charge in [-0.2, -0.15) is 0 Å². The average Bonchev–Trinajstić information content (AvgIpc) is 2.71. The molecule has 0 saturated carbocycles. The van der Waals surface area contributed by atoms with Crippen molar-refractivity contribution in [3.63, 3.8) is 0 Å². The highest BCUT2D eigenvalue weighted by molar-refractivity contribution is 5.92. The van der Waals surface area contributed by atoms with Crippen molar-refractivity contribution >= 4 is 17.4 Å². The first-order valence-electron chi connectivity index (χ1n) is 9.16. The minimum absolute atomic E-state index is 0.247. The van der Waals surface area contributed by atoms with Gasteiger partial charge in [0.15, 0.2) is 23.0 Å². The van der Waals surface area contributed by atoms with Crippen LogP contribution in [0.4, 0.5) is 11.5 Å². The number of ether oxygens (including phenoxy) is 2. The molecule has 0 fully saturated rings. The highest BCUT2D eigenvalue weighted by Crippen LogP contribution is 2.27. The molecule has 1 amide bonds. The molecule has 0 aliphatic rings. The second kappa shape index (κ2) is 9.05. The number of nitrogens with one attached hydrogen (secondary N) is 2. The fraction of sp³-hybridized carbons (Fsp3) is 0.227. The quantitative estimate of drug-likeness (QED) is 0.636. The van der Waals surface area contributed by atoms with Gasteiger partial charge in [-0.25, -0.2) is 0 Å². The topological polar surface area (TPSA) is 85.4 Å². The predicted molar refractivity (Wildman–Crippen MR) is 112 cm³/mol. The van der Waals surface area contributed by atoms with Crippen LogP contribution in [0.15, 0.2) is 48.5 Å². The van der Waals surface area contributed by atoms with E-state index in [4.69, 9.17) is 9.47 Å². The molecule has 0 spiro atoms. The Labute approximate surface area is 170 Å². The summed E-state index contributed by atoms with van der Waals surface area (Å²) in [7, 11) is 3.15. The van der Waals surface area contributed by atoms with E-state index in [2.05, 4.69) is 26.9 Å². The molecular weight excluding hydrogens is 368 g/mol. The van der Waals surface area contributed by atoms with Crippen molar-refractivity contribution in [2.75, 3.05) is 19.5 Å². The van der Waals surface area contributed by atoms with Gasteiger partial charge in [-0.05, 0) is 66.9 Å². The number of benzene rings is 2. The van der Waals surface area contributed by atoms with Gasteiger partial charge < -0.3 is 20.1 Å². The van der Waals surface area contributed by atoms with Gasteiger partial charge in [0.2, 0.25) is 0 Å². The SMILES string of the molecule is COc1ccc(CNC(=O)c2ccc(Nc3cc(C)cc(C)c3)nn2)cc1OC. The zero-order valence-electron chi connectivity index (χ0n) is 16.9. The van der Waals surface area contributed by atoms with E-state index in [1.54, 1.807) is 32.4 Å². The van der Waals surface area contributed by atoms with Gasteiger partial charge >= 0.3 is 0 Å². The monoisotopic (exact) mass is 392 g/mol. The van der Waals surface area contributed by atoms with E-state index in [1.807, 2.05) is 38.1 Å². The Bertz CT molecular complexity index is 983. The summed E-state index contributed by atoms with van der Waals surface area (Å²) >= 11 is 0. The third kappa shape index (κ3) is 5.22. The normalized spacial score (nSPS) is 10.3. The number of carbonyl (C=O) groups is 1. The number of hydrogen-bond acceptors (Lipinski definition) is 6. The van der Waals surface area contributed by atoms with E-state index in [-0.39, 0.29) is 11.6 Å². The largest absolute Gasteiger partial charge is 0.493 e. The number of methoxy groups -OCH3 is 2. The van der Waals surface area contributed by atoms with Crippen LogP contribution in [0, 0.1) is 13.8 Å². The molecule has 0 aliphatic carbocycles. The van der Waals surface area contributed by atoms with Crippen LogP contribution in [-0.4, -0.2) is 30.3 Å². The smallest absolute Gasteiger partial charge is 0.272 e. The standard InChI is InChI=1S/C22H24N4O3/c1-14-9-15(2)11-17(10-14)24-21-8-6-18(25-26-21)22(27)23-13-16-5-7-19(28-3)20(12-16)29-4/h5-12H,13H2,1-4H3,(H,23,27)(H,24,26). The minimum Gasteiger partial charge on any atom is -0.493 e. The van der Waals surface area contributed by atoms with Crippen LogP contribution in [0.5, 0.6) is 11.5 Å². The Balaban J connectivity index is 1.61. The molecule has 0 aliphatic heterocycles. The summed E-state index contributed by atoms with van der Waals surface area (Å²) in [6.45, 7) is 4.41. The van der Waals surface area contributed by atoms with Gasteiger partial charge in [-0.1, -0.05) is 12.1 Å². The maximum atomic E-state index is 12.4. The molecule has 0 saturated heterocycles. The lowest BCUT2D eigenvalue weighted by molar-refractivity contribution is 0.0945. The molecule has 0 unspecified atom stereocenters. The second-order valence-electron chi connectivity index (χ2n) is 6.68. The van der Waals surface area contributed by atoms with Crippen molar-refractivity contribution in [2.45, 2.75) is 20.4 Å². The molecule has 29 heavy (non-hydrogen) atoms. The lowest BCUT2D eigenvalue weighted by Crippen LogP contribution is -2.24. The lowest BCUT2D eigenvalue weighted by atomic mass is 10.1. The summed E-state index contributed by atoms with van der Waals surface area (Å²) in [6.07, 6.45) is 0. The van der Waals surface area contributed by atoms with Gasteiger partial charge in [-0.3, -0.25) is 4.79 Å². The van der Waals surface area contributed by atoms with Gasteiger partial charge in [-0.15, -0.1) is 10.2 Å². The van der Waals surface area contributed by atoms with E-state index in [0.717, 1.165) is 22.4 Å². The number of aromatic nitrogens is 2. The van der Waals surface area contributed by atoms with Crippen molar-refractivity contribution in [3.8, 4) is 11.5 Å². The van der Waals surface area contributed by atoms with Gasteiger partial charge in [0, 0.05) is 12.2 Å². The van der Waals surface area contributed by atoms with Crippen LogP contribution < -0.4 is 20.1 Å². The molecule has 0 radical (unpaired) electrons. The molecule has 1 aromatic heterocycles. The van der Waals surface area contributed by atoms with Crippen LogP contribution in [0.1, 0.15) is 27.2 Å². The zero-order valence-corrected chi connectivity index (χ0v) is 16.9. The number of rotatable bonds is 7. The number of nitrogens with zero attached hydrogens (tertiary/aromatic N) is 2. The molecule has 2 N–H and O–H groups in total. The van der Waals surface area contributed by atoms with Crippen molar-refractivity contribution in [2.24, 2.45) is 0 Å². The van der Waals surface area contributed by atoms with Gasteiger partial charge in [0.1, 0.15) is 0 Å². The Morgan fingerprint density at radius 3 is 2.24 bits per heavy atom. The Morgan fingerprint density at radius 2 is 1.62 bits per heavy atom. The fourth-order valence-electron chi connectivity index (χ4n) is 2.98. The fourth-order valence-corrected chi connectivity index (χ4v) is 2.98. The maximum absolute atomic E-state index is 12.4. The number of anilines is 2. The number of carbonyl (C=O) groups excluding carboxylic acids is 1. The Hall–Kier alpha value is -3.61. The van der Waals surface area contributed by atoms with Crippen molar-refractivity contribution in [1.82, 2.24) is 15.5 Å². The molecule has 7 nitrogen and oxygen atoms in total. The highest BCUT2D eigenvalue weighted by atomic mass is 16.5. The number of aryl methyl sites for hydroxylation is 2. The van der Waals surface area contributed by atoms with E-state index >= 15 is 0 Å². The van der Waals surface area contributed by atoms with Gasteiger partial charge in [0.05, 0.1) is 14.2 Å². The third-order valence-corrected chi connectivity index (χ3v) is 4.29. The van der Waals surface area contributed by atoms with Crippen LogP contribution >= 0.6 is 0 Å². The molecular formula is C22H24N4O3. The summed E-state index contributed by atoms with van der Waals surface area (Å²) in [5, 5.41) is 14.2. The van der Waals surface area contributed by atoms with E-state index < -0.39 is 0 Å². The summed E-state index contributed by atoms with van der Waals surface area (Å²) in [5.74, 6) is 1.53. The molecule has 3 rings (SSSR count). The summed E-state index contributed by atoms with van der Waals surface area (Å²) < 4.78 is 10.5. The molecule has 0 bridgehead atoms. The lowest BCUT2D eigenvalue weighted by Gasteiger charge is -2.10. The molecule has 2 aromatic carbocycles. The first kappa shape index (κ1) is 20.1. The zero-order chi connectivity index (χ0) is 20.8. The van der Waals surface area contributed by atoms with Crippen molar-refractivity contribution in [3.05, 3.63) is 70.9 Å². The predicted octanol–water partition coefficient (Wildman–Crippen LogP) is 3.78. The first-order chi connectivity index (χ1) is 14.0. The molecule has 1 heterocycles. The van der Waals surface area contributed by atoms with Crippen LogP contribution in [0.2, 0.25) is 0 Å². The molecule has 7 heteroatoms. The average molecular weight is 392 g/mol. The van der Waals surface area contributed by atoms with Crippen LogP contribution in [0.25, 0.3) is 0 Å². The number of amides is 1. The summed E-state index contributed by atoms with van der Waals surface area (Å²) in [5.41, 5.74) is 4.38. The minimum atomic E-state index is -0.301. The highest BCUT2D eigenvalue weighted by Gasteiger charge is 2.10.